The standard InChI is InChI=1S/C15H18BrN3O2/c1-4-10-13(16)15(17-5-2)19-14(18-10)9-6-7-12(21-3)11(20)8-9/h6-8,20H,4-5H2,1-3H3,(H,17,18,19). The third kappa shape index (κ3) is 3.26. The lowest BCUT2D eigenvalue weighted by Gasteiger charge is -2.12. The summed E-state index contributed by atoms with van der Waals surface area (Å²) in [5, 5.41) is 13.1. The fourth-order valence-corrected chi connectivity index (χ4v) is 2.57. The van der Waals surface area contributed by atoms with E-state index in [9.17, 15) is 5.11 Å². The Balaban J connectivity index is 2.52. The summed E-state index contributed by atoms with van der Waals surface area (Å²) < 4.78 is 5.93. The normalized spacial score (nSPS) is 10.5. The van der Waals surface area contributed by atoms with Crippen LogP contribution in [-0.2, 0) is 6.42 Å². The van der Waals surface area contributed by atoms with Gasteiger partial charge in [0.25, 0.3) is 0 Å². The summed E-state index contributed by atoms with van der Waals surface area (Å²) >= 11 is 3.53. The number of aryl methyl sites for hydroxylation is 1. The van der Waals surface area contributed by atoms with Gasteiger partial charge in [0.2, 0.25) is 0 Å². The summed E-state index contributed by atoms with van der Waals surface area (Å²) in [7, 11) is 1.52. The van der Waals surface area contributed by atoms with Crippen LogP contribution in [0.3, 0.4) is 0 Å². The highest BCUT2D eigenvalue weighted by molar-refractivity contribution is 9.10. The maximum absolute atomic E-state index is 9.90. The fraction of sp³-hybridized carbons (Fsp3) is 0.333. The van der Waals surface area contributed by atoms with Crippen LogP contribution in [0.15, 0.2) is 22.7 Å². The second kappa shape index (κ2) is 6.76. The number of ether oxygens (including phenoxy) is 1. The first kappa shape index (κ1) is 15.6. The van der Waals surface area contributed by atoms with Gasteiger partial charge in [0.1, 0.15) is 5.82 Å². The minimum Gasteiger partial charge on any atom is -0.504 e. The molecule has 2 aromatic rings. The lowest BCUT2D eigenvalue weighted by Crippen LogP contribution is -2.05. The number of phenolic OH excluding ortho intramolecular Hbond substituents is 1. The third-order valence-corrected chi connectivity index (χ3v) is 3.87. The van der Waals surface area contributed by atoms with Gasteiger partial charge in [-0.1, -0.05) is 6.92 Å². The van der Waals surface area contributed by atoms with E-state index < -0.39 is 0 Å². The maximum atomic E-state index is 9.90. The van der Waals surface area contributed by atoms with E-state index in [0.29, 0.717) is 11.6 Å². The molecule has 6 heteroatoms. The Labute approximate surface area is 132 Å². The molecule has 0 amide bonds. The van der Waals surface area contributed by atoms with Crippen molar-refractivity contribution in [3.05, 3.63) is 28.4 Å². The van der Waals surface area contributed by atoms with Gasteiger partial charge in [-0.15, -0.1) is 0 Å². The SMILES string of the molecule is CCNc1nc(-c2ccc(OC)c(O)c2)nc(CC)c1Br. The highest BCUT2D eigenvalue weighted by atomic mass is 79.9. The number of rotatable bonds is 5. The molecule has 21 heavy (non-hydrogen) atoms. The van der Waals surface area contributed by atoms with Crippen molar-refractivity contribution >= 4 is 21.7 Å². The molecule has 2 N–H and O–H groups in total. The first-order valence-corrected chi connectivity index (χ1v) is 7.57. The molecule has 0 unspecified atom stereocenters. The molecule has 1 aromatic heterocycles. The van der Waals surface area contributed by atoms with Gasteiger partial charge in [0.15, 0.2) is 17.3 Å². The highest BCUT2D eigenvalue weighted by Gasteiger charge is 2.13. The van der Waals surface area contributed by atoms with E-state index >= 15 is 0 Å². The molecule has 0 atom stereocenters. The van der Waals surface area contributed by atoms with Gasteiger partial charge in [-0.2, -0.15) is 0 Å². The van der Waals surface area contributed by atoms with Crippen LogP contribution in [0.1, 0.15) is 19.5 Å². The van der Waals surface area contributed by atoms with E-state index in [2.05, 4.69) is 31.2 Å². The number of halogens is 1. The molecule has 0 aliphatic rings. The Hall–Kier alpha value is -1.82. The van der Waals surface area contributed by atoms with Crippen LogP contribution in [0.2, 0.25) is 0 Å². The zero-order valence-corrected chi connectivity index (χ0v) is 13.9. The van der Waals surface area contributed by atoms with E-state index in [1.165, 1.54) is 7.11 Å². The van der Waals surface area contributed by atoms with Crippen LogP contribution >= 0.6 is 15.9 Å². The van der Waals surface area contributed by atoms with Gasteiger partial charge >= 0.3 is 0 Å². The van der Waals surface area contributed by atoms with E-state index in [1.807, 2.05) is 19.9 Å². The second-order valence-electron chi connectivity index (χ2n) is 4.43. The molecule has 0 radical (unpaired) electrons. The summed E-state index contributed by atoms with van der Waals surface area (Å²) in [6.45, 7) is 4.82. The van der Waals surface area contributed by atoms with Crippen molar-refractivity contribution in [3.8, 4) is 22.9 Å². The molecule has 0 saturated carbocycles. The van der Waals surface area contributed by atoms with E-state index in [0.717, 1.165) is 34.5 Å². The van der Waals surface area contributed by atoms with Crippen molar-refractivity contribution in [2.24, 2.45) is 0 Å². The highest BCUT2D eigenvalue weighted by Crippen LogP contribution is 2.32. The number of hydrogen-bond donors (Lipinski definition) is 2. The summed E-state index contributed by atoms with van der Waals surface area (Å²) in [5.41, 5.74) is 1.67. The van der Waals surface area contributed by atoms with Crippen LogP contribution in [0.5, 0.6) is 11.5 Å². The number of nitrogens with zero attached hydrogens (tertiary/aromatic N) is 2. The van der Waals surface area contributed by atoms with Crippen molar-refractivity contribution in [2.75, 3.05) is 19.0 Å². The monoisotopic (exact) mass is 351 g/mol. The molecule has 0 aliphatic heterocycles. The van der Waals surface area contributed by atoms with Gasteiger partial charge in [0, 0.05) is 12.1 Å². The number of phenols is 1. The molecule has 0 aliphatic carbocycles. The van der Waals surface area contributed by atoms with E-state index in [4.69, 9.17) is 4.74 Å². The van der Waals surface area contributed by atoms with Gasteiger partial charge in [-0.25, -0.2) is 9.97 Å². The topological polar surface area (TPSA) is 67.3 Å². The number of benzene rings is 1. The van der Waals surface area contributed by atoms with Crippen LogP contribution in [0.25, 0.3) is 11.4 Å². The average Bonchev–Trinajstić information content (AvgIpc) is 2.49. The van der Waals surface area contributed by atoms with Crippen molar-refractivity contribution < 1.29 is 9.84 Å². The predicted molar refractivity (Wildman–Crippen MR) is 86.9 cm³/mol. The lowest BCUT2D eigenvalue weighted by atomic mass is 10.1. The average molecular weight is 352 g/mol. The summed E-state index contributed by atoms with van der Waals surface area (Å²) in [6.07, 6.45) is 0.788. The minimum atomic E-state index is 0.0737. The first-order valence-electron chi connectivity index (χ1n) is 6.78. The molecule has 0 saturated heterocycles. The summed E-state index contributed by atoms with van der Waals surface area (Å²) in [4.78, 5) is 9.07. The molecular formula is C15H18BrN3O2. The molecular weight excluding hydrogens is 334 g/mol. The smallest absolute Gasteiger partial charge is 0.161 e. The first-order chi connectivity index (χ1) is 10.1. The van der Waals surface area contributed by atoms with Crippen LogP contribution in [-0.4, -0.2) is 28.7 Å². The zero-order chi connectivity index (χ0) is 15.4. The van der Waals surface area contributed by atoms with Crippen LogP contribution in [0, 0.1) is 0 Å². The number of aromatic hydroxyl groups is 1. The van der Waals surface area contributed by atoms with Crippen molar-refractivity contribution in [1.29, 1.82) is 0 Å². The van der Waals surface area contributed by atoms with Gasteiger partial charge in [-0.3, -0.25) is 0 Å². The summed E-state index contributed by atoms with van der Waals surface area (Å²) in [6, 6.07) is 5.14. The molecule has 1 aromatic carbocycles. The minimum absolute atomic E-state index is 0.0737. The molecule has 0 bridgehead atoms. The van der Waals surface area contributed by atoms with Crippen molar-refractivity contribution in [1.82, 2.24) is 9.97 Å². The van der Waals surface area contributed by atoms with Gasteiger partial charge in [-0.05, 0) is 47.5 Å². The number of aromatic nitrogens is 2. The van der Waals surface area contributed by atoms with Crippen molar-refractivity contribution in [2.45, 2.75) is 20.3 Å². The second-order valence-corrected chi connectivity index (χ2v) is 5.22. The van der Waals surface area contributed by atoms with Crippen LogP contribution in [0.4, 0.5) is 5.82 Å². The molecule has 5 nitrogen and oxygen atoms in total. The Kier molecular flexibility index (Phi) is 5.01. The predicted octanol–water partition coefficient (Wildman–Crippen LogP) is 3.61. The van der Waals surface area contributed by atoms with E-state index in [1.54, 1.807) is 12.1 Å². The van der Waals surface area contributed by atoms with E-state index in [-0.39, 0.29) is 5.75 Å². The Morgan fingerprint density at radius 1 is 1.29 bits per heavy atom. The largest absolute Gasteiger partial charge is 0.504 e. The molecule has 1 heterocycles. The Morgan fingerprint density at radius 3 is 2.62 bits per heavy atom. The van der Waals surface area contributed by atoms with Gasteiger partial charge < -0.3 is 15.2 Å². The fourth-order valence-electron chi connectivity index (χ4n) is 1.97. The molecule has 0 spiro atoms. The number of methoxy groups -OCH3 is 1. The number of anilines is 1. The molecule has 0 fully saturated rings. The molecule has 2 rings (SSSR count). The van der Waals surface area contributed by atoms with Crippen LogP contribution < -0.4 is 10.1 Å². The molecule has 112 valence electrons. The Morgan fingerprint density at radius 2 is 2.05 bits per heavy atom. The van der Waals surface area contributed by atoms with Crippen molar-refractivity contribution in [3.63, 3.8) is 0 Å². The number of nitrogens with one attached hydrogen (secondary N) is 1. The quantitative estimate of drug-likeness (QED) is 0.860. The zero-order valence-electron chi connectivity index (χ0n) is 12.3. The lowest BCUT2D eigenvalue weighted by molar-refractivity contribution is 0.373. The Bertz CT molecular complexity index is 647. The third-order valence-electron chi connectivity index (χ3n) is 3.04. The number of hydrogen-bond acceptors (Lipinski definition) is 5. The van der Waals surface area contributed by atoms with Gasteiger partial charge in [0.05, 0.1) is 17.3 Å². The summed E-state index contributed by atoms with van der Waals surface area (Å²) in [5.74, 6) is 1.83. The maximum Gasteiger partial charge on any atom is 0.161 e.